The van der Waals surface area contributed by atoms with Crippen molar-refractivity contribution in [2.75, 3.05) is 20.2 Å². The van der Waals surface area contributed by atoms with Gasteiger partial charge in [-0.25, -0.2) is 0 Å². The molecule has 142 valence electrons. The largest absolute Gasteiger partial charge is 0.496 e. The molecule has 27 heavy (non-hydrogen) atoms. The molecule has 4 rings (SSSR count). The molecule has 2 aromatic carbocycles. The summed E-state index contributed by atoms with van der Waals surface area (Å²) in [5, 5.41) is 0. The number of ether oxygens (including phenoxy) is 1. The molecule has 0 aromatic heterocycles. The van der Waals surface area contributed by atoms with Crippen LogP contribution in [0.5, 0.6) is 5.75 Å². The minimum atomic E-state index is 0.272. The first-order valence-corrected chi connectivity index (χ1v) is 10.3. The maximum absolute atomic E-state index is 12.2. The Labute approximate surface area is 162 Å². The Balaban J connectivity index is 1.30. The van der Waals surface area contributed by atoms with Gasteiger partial charge in [0.2, 0.25) is 0 Å². The average Bonchev–Trinajstić information content (AvgIpc) is 3.14. The SMILES string of the molecule is COc1cccc2c1CCC1C2CCN1CCCCC(=O)c1ccccc1. The highest BCUT2D eigenvalue weighted by Crippen LogP contribution is 2.44. The number of hydrogen-bond acceptors (Lipinski definition) is 3. The fraction of sp³-hybridized carbons (Fsp3) is 0.458. The smallest absolute Gasteiger partial charge is 0.162 e. The highest BCUT2D eigenvalue weighted by atomic mass is 16.5. The van der Waals surface area contributed by atoms with E-state index in [4.69, 9.17) is 4.74 Å². The van der Waals surface area contributed by atoms with Crippen molar-refractivity contribution in [1.82, 2.24) is 4.90 Å². The molecule has 1 aliphatic carbocycles. The van der Waals surface area contributed by atoms with Gasteiger partial charge in [0.05, 0.1) is 7.11 Å². The van der Waals surface area contributed by atoms with Crippen molar-refractivity contribution in [2.45, 2.75) is 50.5 Å². The second-order valence-corrected chi connectivity index (χ2v) is 7.81. The normalized spacial score (nSPS) is 21.5. The first-order chi connectivity index (χ1) is 13.3. The van der Waals surface area contributed by atoms with Crippen LogP contribution in [0.15, 0.2) is 48.5 Å². The van der Waals surface area contributed by atoms with E-state index in [1.165, 1.54) is 30.5 Å². The molecule has 3 nitrogen and oxygen atoms in total. The topological polar surface area (TPSA) is 29.5 Å². The third-order valence-corrected chi connectivity index (χ3v) is 6.33. The summed E-state index contributed by atoms with van der Waals surface area (Å²) in [5.74, 6) is 1.98. The Morgan fingerprint density at radius 2 is 1.93 bits per heavy atom. The lowest BCUT2D eigenvalue weighted by atomic mass is 9.79. The van der Waals surface area contributed by atoms with Crippen molar-refractivity contribution < 1.29 is 9.53 Å². The van der Waals surface area contributed by atoms with Crippen LogP contribution in [0.3, 0.4) is 0 Å². The summed E-state index contributed by atoms with van der Waals surface area (Å²) in [6.45, 7) is 2.29. The number of unbranched alkanes of at least 4 members (excludes halogenated alkanes) is 1. The van der Waals surface area contributed by atoms with Crippen LogP contribution in [0, 0.1) is 0 Å². The van der Waals surface area contributed by atoms with Gasteiger partial charge >= 0.3 is 0 Å². The fourth-order valence-corrected chi connectivity index (χ4v) is 4.99. The average molecular weight is 364 g/mol. The predicted molar refractivity (Wildman–Crippen MR) is 109 cm³/mol. The third-order valence-electron chi connectivity index (χ3n) is 6.33. The number of rotatable bonds is 7. The molecular formula is C24H29NO2. The monoisotopic (exact) mass is 363 g/mol. The summed E-state index contributed by atoms with van der Waals surface area (Å²) >= 11 is 0. The molecular weight excluding hydrogens is 334 g/mol. The van der Waals surface area contributed by atoms with Crippen molar-refractivity contribution >= 4 is 5.78 Å². The number of methoxy groups -OCH3 is 1. The van der Waals surface area contributed by atoms with Crippen LogP contribution in [0.1, 0.15) is 59.5 Å². The zero-order valence-corrected chi connectivity index (χ0v) is 16.2. The predicted octanol–water partition coefficient (Wildman–Crippen LogP) is 4.85. The van der Waals surface area contributed by atoms with E-state index in [9.17, 15) is 4.79 Å². The third kappa shape index (κ3) is 3.79. The number of carbonyl (C=O) groups is 1. The van der Waals surface area contributed by atoms with E-state index in [0.717, 1.165) is 37.1 Å². The summed E-state index contributed by atoms with van der Waals surface area (Å²) in [6, 6.07) is 16.9. The molecule has 3 heteroatoms. The van der Waals surface area contributed by atoms with Crippen LogP contribution in [-0.2, 0) is 6.42 Å². The van der Waals surface area contributed by atoms with Crippen molar-refractivity contribution in [3.8, 4) is 5.75 Å². The van der Waals surface area contributed by atoms with Crippen LogP contribution in [0.2, 0.25) is 0 Å². The lowest BCUT2D eigenvalue weighted by Gasteiger charge is -2.34. The molecule has 0 radical (unpaired) electrons. The molecule has 2 aromatic rings. The second kappa shape index (κ2) is 8.26. The van der Waals surface area contributed by atoms with Gasteiger partial charge in [-0.2, -0.15) is 0 Å². The van der Waals surface area contributed by atoms with E-state index in [0.29, 0.717) is 18.4 Å². The minimum Gasteiger partial charge on any atom is -0.496 e. The van der Waals surface area contributed by atoms with Crippen LogP contribution in [0.4, 0.5) is 0 Å². The van der Waals surface area contributed by atoms with Gasteiger partial charge in [0.15, 0.2) is 5.78 Å². The molecule has 1 heterocycles. The molecule has 0 saturated carbocycles. The summed E-state index contributed by atoms with van der Waals surface area (Å²) in [4.78, 5) is 14.9. The quantitative estimate of drug-likeness (QED) is 0.520. The maximum Gasteiger partial charge on any atom is 0.162 e. The lowest BCUT2D eigenvalue weighted by molar-refractivity contribution is 0.0977. The molecule has 2 atom stereocenters. The standard InChI is InChI=1S/C24H29NO2/c1-27-24-12-7-10-19-20-15-17-25(22(20)14-13-21(19)24)16-6-5-11-23(26)18-8-3-2-4-9-18/h2-4,7-10,12,20,22H,5-6,11,13-17H2,1H3. The second-order valence-electron chi connectivity index (χ2n) is 7.81. The summed E-state index contributed by atoms with van der Waals surface area (Å²) in [5.41, 5.74) is 3.78. The van der Waals surface area contributed by atoms with E-state index >= 15 is 0 Å². The van der Waals surface area contributed by atoms with E-state index in [2.05, 4.69) is 23.1 Å². The number of likely N-dealkylation sites (tertiary alicyclic amines) is 1. The Morgan fingerprint density at radius 3 is 2.74 bits per heavy atom. The van der Waals surface area contributed by atoms with E-state index in [1.54, 1.807) is 7.11 Å². The zero-order chi connectivity index (χ0) is 18.6. The maximum atomic E-state index is 12.2. The fourth-order valence-electron chi connectivity index (χ4n) is 4.99. The van der Waals surface area contributed by atoms with Gasteiger partial charge in [-0.3, -0.25) is 9.69 Å². The Morgan fingerprint density at radius 1 is 1.07 bits per heavy atom. The minimum absolute atomic E-state index is 0.272. The molecule has 2 aliphatic rings. The van der Waals surface area contributed by atoms with Gasteiger partial charge in [0, 0.05) is 23.9 Å². The van der Waals surface area contributed by atoms with Crippen LogP contribution in [0.25, 0.3) is 0 Å². The van der Waals surface area contributed by atoms with Crippen molar-refractivity contribution in [2.24, 2.45) is 0 Å². The number of carbonyl (C=O) groups excluding carboxylic acids is 1. The Hall–Kier alpha value is -2.13. The molecule has 0 N–H and O–H groups in total. The number of fused-ring (bicyclic) bond motifs is 3. The highest BCUT2D eigenvalue weighted by molar-refractivity contribution is 5.95. The van der Waals surface area contributed by atoms with Crippen LogP contribution < -0.4 is 4.74 Å². The molecule has 1 fully saturated rings. The Bertz CT molecular complexity index is 786. The summed E-state index contributed by atoms with van der Waals surface area (Å²) in [6.07, 6.45) is 6.32. The van der Waals surface area contributed by atoms with Gasteiger partial charge in [0.1, 0.15) is 5.75 Å². The van der Waals surface area contributed by atoms with Crippen molar-refractivity contribution in [3.63, 3.8) is 0 Å². The first-order valence-electron chi connectivity index (χ1n) is 10.3. The van der Waals surface area contributed by atoms with Crippen molar-refractivity contribution in [3.05, 3.63) is 65.2 Å². The van der Waals surface area contributed by atoms with E-state index in [-0.39, 0.29) is 5.78 Å². The molecule has 1 aliphatic heterocycles. The zero-order valence-electron chi connectivity index (χ0n) is 16.2. The number of hydrogen-bond donors (Lipinski definition) is 0. The number of nitrogens with zero attached hydrogens (tertiary/aromatic N) is 1. The number of Topliss-reactive ketones (excluding diaryl/α,β-unsaturated/α-hetero) is 1. The molecule has 0 amide bonds. The van der Waals surface area contributed by atoms with Gasteiger partial charge in [0.25, 0.3) is 0 Å². The van der Waals surface area contributed by atoms with Gasteiger partial charge in [-0.15, -0.1) is 0 Å². The van der Waals surface area contributed by atoms with E-state index < -0.39 is 0 Å². The van der Waals surface area contributed by atoms with Gasteiger partial charge in [-0.1, -0.05) is 42.5 Å². The van der Waals surface area contributed by atoms with Crippen LogP contribution in [-0.4, -0.2) is 36.9 Å². The number of benzene rings is 2. The highest BCUT2D eigenvalue weighted by Gasteiger charge is 2.38. The first kappa shape index (κ1) is 18.2. The molecule has 0 bridgehead atoms. The van der Waals surface area contributed by atoms with Crippen LogP contribution >= 0.6 is 0 Å². The summed E-state index contributed by atoms with van der Waals surface area (Å²) in [7, 11) is 1.78. The molecule has 0 spiro atoms. The Kier molecular flexibility index (Phi) is 5.58. The van der Waals surface area contributed by atoms with E-state index in [1.807, 2.05) is 30.3 Å². The van der Waals surface area contributed by atoms with Gasteiger partial charge in [-0.05, 0) is 62.4 Å². The van der Waals surface area contributed by atoms with Gasteiger partial charge < -0.3 is 4.74 Å². The number of ketones is 1. The molecule has 2 unspecified atom stereocenters. The lowest BCUT2D eigenvalue weighted by Crippen LogP contribution is -2.35. The summed E-state index contributed by atoms with van der Waals surface area (Å²) < 4.78 is 5.58. The van der Waals surface area contributed by atoms with Crippen molar-refractivity contribution in [1.29, 1.82) is 0 Å². The molecule has 1 saturated heterocycles.